The molecule has 0 spiro atoms. The standard InChI is InChI=1S/C30H27F4NO4/c31-27-11-19(30(32,33)34)10-9-18(27)12-29(37)13-20-15-38-16-21(14-29)35(20)28(36)39-17-26-24-7-3-1-5-22(24)23-6-2-4-8-25(23)26/h1-11,20-21,26,37H,12-17H2. The number of piperidine rings is 1. The maximum Gasteiger partial charge on any atom is 0.416 e. The van der Waals surface area contributed by atoms with Gasteiger partial charge in [0.2, 0.25) is 0 Å². The Labute approximate surface area is 223 Å². The second-order valence-corrected chi connectivity index (χ2v) is 10.7. The van der Waals surface area contributed by atoms with Crippen molar-refractivity contribution in [2.24, 2.45) is 0 Å². The van der Waals surface area contributed by atoms with Crippen LogP contribution >= 0.6 is 0 Å². The molecule has 2 saturated heterocycles. The molecule has 1 amide bonds. The number of rotatable bonds is 4. The van der Waals surface area contributed by atoms with Crippen LogP contribution in [0.1, 0.15) is 41.0 Å². The van der Waals surface area contributed by atoms with Crippen molar-refractivity contribution >= 4 is 6.09 Å². The number of morpholine rings is 1. The normalized spacial score (nSPS) is 24.3. The molecule has 1 aliphatic carbocycles. The number of hydrogen-bond acceptors (Lipinski definition) is 4. The molecule has 2 bridgehead atoms. The number of amides is 1. The van der Waals surface area contributed by atoms with Gasteiger partial charge in [-0.15, -0.1) is 0 Å². The van der Waals surface area contributed by atoms with Crippen LogP contribution in [-0.4, -0.2) is 53.6 Å². The topological polar surface area (TPSA) is 59.0 Å². The summed E-state index contributed by atoms with van der Waals surface area (Å²) in [6.07, 6.45) is -5.14. The molecule has 2 heterocycles. The number of hydrogen-bond donors (Lipinski definition) is 1. The van der Waals surface area contributed by atoms with Gasteiger partial charge in [0, 0.05) is 12.3 Å². The van der Waals surface area contributed by atoms with Crippen LogP contribution in [0.2, 0.25) is 0 Å². The fourth-order valence-electron chi connectivity index (χ4n) is 6.41. The van der Waals surface area contributed by atoms with Crippen LogP contribution in [0.3, 0.4) is 0 Å². The van der Waals surface area contributed by atoms with Crippen molar-refractivity contribution in [3.05, 3.63) is 94.8 Å². The number of fused-ring (bicyclic) bond motifs is 5. The van der Waals surface area contributed by atoms with Crippen molar-refractivity contribution in [2.75, 3.05) is 19.8 Å². The molecule has 3 aliphatic rings. The van der Waals surface area contributed by atoms with E-state index in [2.05, 4.69) is 12.1 Å². The molecule has 39 heavy (non-hydrogen) atoms. The van der Waals surface area contributed by atoms with Crippen LogP contribution in [0.4, 0.5) is 22.4 Å². The molecule has 0 aromatic heterocycles. The van der Waals surface area contributed by atoms with Crippen molar-refractivity contribution in [2.45, 2.75) is 49.0 Å². The van der Waals surface area contributed by atoms with Crippen LogP contribution in [0.5, 0.6) is 0 Å². The van der Waals surface area contributed by atoms with E-state index in [0.717, 1.165) is 34.4 Å². The van der Waals surface area contributed by atoms with E-state index in [1.807, 2.05) is 36.4 Å². The maximum atomic E-state index is 14.5. The highest BCUT2D eigenvalue weighted by Crippen LogP contribution is 2.45. The lowest BCUT2D eigenvalue weighted by atomic mass is 9.77. The van der Waals surface area contributed by atoms with E-state index in [1.54, 1.807) is 4.90 Å². The van der Waals surface area contributed by atoms with Gasteiger partial charge in [-0.25, -0.2) is 9.18 Å². The average Bonchev–Trinajstić information content (AvgIpc) is 3.21. The number of carbonyl (C=O) groups is 1. The van der Waals surface area contributed by atoms with E-state index >= 15 is 0 Å². The minimum atomic E-state index is -4.65. The fraction of sp³-hybridized carbons (Fsp3) is 0.367. The highest BCUT2D eigenvalue weighted by molar-refractivity contribution is 5.79. The predicted molar refractivity (Wildman–Crippen MR) is 135 cm³/mol. The van der Waals surface area contributed by atoms with Gasteiger partial charge < -0.3 is 14.6 Å². The van der Waals surface area contributed by atoms with E-state index < -0.39 is 41.3 Å². The summed E-state index contributed by atoms with van der Waals surface area (Å²) in [5.74, 6) is -1.11. The first-order chi connectivity index (χ1) is 18.6. The first kappa shape index (κ1) is 25.8. The average molecular weight is 542 g/mol. The number of carbonyl (C=O) groups excluding carboxylic acids is 1. The van der Waals surface area contributed by atoms with E-state index in [1.165, 1.54) is 0 Å². The molecule has 0 radical (unpaired) electrons. The number of nitrogens with zero attached hydrogens (tertiary/aromatic N) is 1. The summed E-state index contributed by atoms with van der Waals surface area (Å²) < 4.78 is 64.8. The third kappa shape index (κ3) is 4.78. The lowest BCUT2D eigenvalue weighted by Gasteiger charge is -2.51. The Morgan fingerprint density at radius 2 is 1.56 bits per heavy atom. The zero-order valence-corrected chi connectivity index (χ0v) is 21.0. The van der Waals surface area contributed by atoms with Crippen LogP contribution in [-0.2, 0) is 22.1 Å². The van der Waals surface area contributed by atoms with Crippen molar-refractivity contribution in [1.29, 1.82) is 0 Å². The van der Waals surface area contributed by atoms with Gasteiger partial charge in [-0.1, -0.05) is 54.6 Å². The van der Waals surface area contributed by atoms with Gasteiger partial charge in [-0.05, 0) is 52.8 Å². The molecule has 2 fully saturated rings. The molecule has 9 heteroatoms. The molecule has 0 saturated carbocycles. The third-order valence-electron chi connectivity index (χ3n) is 8.09. The minimum Gasteiger partial charge on any atom is -0.448 e. The summed E-state index contributed by atoms with van der Waals surface area (Å²) in [7, 11) is 0. The summed E-state index contributed by atoms with van der Waals surface area (Å²) in [6, 6.07) is 17.4. The SMILES string of the molecule is O=C(OCC1c2ccccc2-c2ccccc21)N1C2COCC1CC(O)(Cc1ccc(C(F)(F)F)cc1F)C2. The summed E-state index contributed by atoms with van der Waals surface area (Å²) in [4.78, 5) is 15.0. The molecule has 6 rings (SSSR count). The van der Waals surface area contributed by atoms with Crippen LogP contribution in [0.15, 0.2) is 66.7 Å². The first-order valence-electron chi connectivity index (χ1n) is 12.9. The van der Waals surface area contributed by atoms with Crippen molar-refractivity contribution in [3.8, 4) is 11.1 Å². The summed E-state index contributed by atoms with van der Waals surface area (Å²) >= 11 is 0. The number of benzene rings is 3. The van der Waals surface area contributed by atoms with Gasteiger partial charge in [-0.2, -0.15) is 13.2 Å². The van der Waals surface area contributed by atoms with E-state index in [-0.39, 0.29) is 50.6 Å². The summed E-state index contributed by atoms with van der Waals surface area (Å²) in [6.45, 7) is 0.516. The number of alkyl halides is 3. The molecular weight excluding hydrogens is 514 g/mol. The van der Waals surface area contributed by atoms with Crippen molar-refractivity contribution < 1.29 is 36.9 Å². The van der Waals surface area contributed by atoms with Gasteiger partial charge in [0.25, 0.3) is 0 Å². The Morgan fingerprint density at radius 1 is 0.974 bits per heavy atom. The summed E-state index contributed by atoms with van der Waals surface area (Å²) in [5, 5.41) is 11.4. The maximum absolute atomic E-state index is 14.5. The molecule has 1 N–H and O–H groups in total. The van der Waals surface area contributed by atoms with Crippen molar-refractivity contribution in [1.82, 2.24) is 4.90 Å². The predicted octanol–water partition coefficient (Wildman–Crippen LogP) is 5.93. The van der Waals surface area contributed by atoms with Gasteiger partial charge in [0.1, 0.15) is 12.4 Å². The monoisotopic (exact) mass is 541 g/mol. The third-order valence-corrected chi connectivity index (χ3v) is 8.09. The molecule has 2 atom stereocenters. The fourth-order valence-corrected chi connectivity index (χ4v) is 6.41. The molecule has 204 valence electrons. The van der Waals surface area contributed by atoms with Crippen LogP contribution in [0.25, 0.3) is 11.1 Å². The van der Waals surface area contributed by atoms with Crippen LogP contribution < -0.4 is 0 Å². The second kappa shape index (κ2) is 9.64. The highest BCUT2D eigenvalue weighted by atomic mass is 19.4. The van der Waals surface area contributed by atoms with Gasteiger partial charge in [-0.3, -0.25) is 4.90 Å². The molecule has 2 unspecified atom stereocenters. The van der Waals surface area contributed by atoms with Crippen LogP contribution in [0, 0.1) is 5.82 Å². The summed E-state index contributed by atoms with van der Waals surface area (Å²) in [5.41, 5.74) is 1.96. The van der Waals surface area contributed by atoms with Gasteiger partial charge in [0.05, 0.1) is 36.5 Å². The largest absolute Gasteiger partial charge is 0.448 e. The Bertz CT molecular complexity index is 1350. The molecule has 2 aliphatic heterocycles. The Kier molecular flexibility index (Phi) is 6.38. The Balaban J connectivity index is 1.16. The number of aliphatic hydroxyl groups is 1. The Hall–Kier alpha value is -3.43. The zero-order valence-electron chi connectivity index (χ0n) is 21.0. The molecule has 5 nitrogen and oxygen atoms in total. The highest BCUT2D eigenvalue weighted by Gasteiger charge is 2.49. The van der Waals surface area contributed by atoms with E-state index in [4.69, 9.17) is 9.47 Å². The minimum absolute atomic E-state index is 0.000850. The number of ether oxygens (including phenoxy) is 2. The smallest absolute Gasteiger partial charge is 0.416 e. The lowest BCUT2D eigenvalue weighted by molar-refractivity contribution is -0.137. The Morgan fingerprint density at radius 3 is 2.13 bits per heavy atom. The van der Waals surface area contributed by atoms with Gasteiger partial charge >= 0.3 is 12.3 Å². The van der Waals surface area contributed by atoms with Gasteiger partial charge in [0.15, 0.2) is 0 Å². The zero-order chi connectivity index (χ0) is 27.4. The number of halogens is 4. The molecular formula is C30H27F4NO4. The second-order valence-electron chi connectivity index (χ2n) is 10.7. The quantitative estimate of drug-likeness (QED) is 0.416. The molecule has 3 aromatic rings. The van der Waals surface area contributed by atoms with Crippen molar-refractivity contribution in [3.63, 3.8) is 0 Å². The lowest BCUT2D eigenvalue weighted by Crippen LogP contribution is -2.64. The first-order valence-corrected chi connectivity index (χ1v) is 12.9. The van der Waals surface area contributed by atoms with E-state index in [9.17, 15) is 27.5 Å². The molecule has 3 aromatic carbocycles. The van der Waals surface area contributed by atoms with E-state index in [0.29, 0.717) is 6.07 Å².